The molecule has 0 saturated carbocycles. The van der Waals surface area contributed by atoms with Crippen LogP contribution in [0.15, 0.2) is 35.2 Å². The topological polar surface area (TPSA) is 37.3 Å². The summed E-state index contributed by atoms with van der Waals surface area (Å²) in [6, 6.07) is 9.23. The van der Waals surface area contributed by atoms with E-state index in [1.165, 1.54) is 0 Å². The minimum Gasteiger partial charge on any atom is -0.392 e. The molecule has 0 aliphatic rings. The molecule has 2 atom stereocenters. The van der Waals surface area contributed by atoms with E-state index in [0.29, 0.717) is 12.2 Å². The van der Waals surface area contributed by atoms with Gasteiger partial charge in [-0.2, -0.15) is 0 Å². The highest BCUT2D eigenvalue weighted by Gasteiger charge is 2.08. The van der Waals surface area contributed by atoms with Gasteiger partial charge in [0, 0.05) is 4.90 Å². The van der Waals surface area contributed by atoms with Crippen molar-refractivity contribution >= 4 is 10.8 Å². The molecule has 0 aliphatic carbocycles. The van der Waals surface area contributed by atoms with Crippen LogP contribution in [-0.4, -0.2) is 21.2 Å². The first-order valence-electron chi connectivity index (χ1n) is 4.35. The van der Waals surface area contributed by atoms with Crippen LogP contribution in [0.4, 0.5) is 0 Å². The maximum absolute atomic E-state index is 11.6. The zero-order chi connectivity index (χ0) is 9.68. The van der Waals surface area contributed by atoms with Gasteiger partial charge in [-0.15, -0.1) is 0 Å². The van der Waals surface area contributed by atoms with Crippen LogP contribution in [0.5, 0.6) is 0 Å². The molecule has 1 N–H and O–H groups in total. The van der Waals surface area contributed by atoms with Crippen LogP contribution in [0.3, 0.4) is 0 Å². The van der Waals surface area contributed by atoms with Crippen molar-refractivity contribution in [3.63, 3.8) is 0 Å². The van der Waals surface area contributed by atoms with Crippen molar-refractivity contribution in [3.05, 3.63) is 30.3 Å². The van der Waals surface area contributed by atoms with Crippen molar-refractivity contribution in [1.29, 1.82) is 0 Å². The molecule has 13 heavy (non-hydrogen) atoms. The van der Waals surface area contributed by atoms with Crippen LogP contribution in [0.2, 0.25) is 0 Å². The summed E-state index contributed by atoms with van der Waals surface area (Å²) in [5, 5.41) is 9.30. The third-order valence-corrected chi connectivity index (χ3v) is 3.31. The van der Waals surface area contributed by atoms with Gasteiger partial charge in [0.15, 0.2) is 0 Å². The van der Waals surface area contributed by atoms with Crippen LogP contribution in [-0.2, 0) is 10.8 Å². The number of hydrogen-bond acceptors (Lipinski definition) is 2. The Kier molecular flexibility index (Phi) is 4.12. The van der Waals surface area contributed by atoms with Crippen LogP contribution >= 0.6 is 0 Å². The fraction of sp³-hybridized carbons (Fsp3) is 0.400. The van der Waals surface area contributed by atoms with Crippen LogP contribution in [0.25, 0.3) is 0 Å². The summed E-state index contributed by atoms with van der Waals surface area (Å²) in [6.07, 6.45) is 0.194. The molecule has 1 aromatic carbocycles. The number of aliphatic hydroxyl groups excluding tert-OH is 1. The first kappa shape index (κ1) is 10.4. The monoisotopic (exact) mass is 198 g/mol. The molecule has 0 heterocycles. The Morgan fingerprint density at radius 2 is 2.00 bits per heavy atom. The average Bonchev–Trinajstić information content (AvgIpc) is 2.19. The lowest BCUT2D eigenvalue weighted by Crippen LogP contribution is -2.15. The van der Waals surface area contributed by atoms with Gasteiger partial charge in [-0.1, -0.05) is 25.1 Å². The Morgan fingerprint density at radius 3 is 2.54 bits per heavy atom. The highest BCUT2D eigenvalue weighted by molar-refractivity contribution is 7.85. The molecule has 72 valence electrons. The second kappa shape index (κ2) is 5.14. The highest BCUT2D eigenvalue weighted by Crippen LogP contribution is 2.07. The van der Waals surface area contributed by atoms with Gasteiger partial charge >= 0.3 is 0 Å². The van der Waals surface area contributed by atoms with Crippen LogP contribution in [0, 0.1) is 0 Å². The van der Waals surface area contributed by atoms with E-state index in [0.717, 1.165) is 4.90 Å². The molecule has 0 spiro atoms. The third-order valence-electron chi connectivity index (χ3n) is 1.82. The van der Waals surface area contributed by atoms with Crippen molar-refractivity contribution < 1.29 is 9.32 Å². The van der Waals surface area contributed by atoms with Gasteiger partial charge in [0.2, 0.25) is 0 Å². The molecule has 0 aromatic heterocycles. The minimum absolute atomic E-state index is 0.334. The number of hydrogen-bond donors (Lipinski definition) is 1. The van der Waals surface area contributed by atoms with E-state index in [1.807, 2.05) is 37.3 Å². The van der Waals surface area contributed by atoms with Gasteiger partial charge in [0.05, 0.1) is 22.7 Å². The van der Waals surface area contributed by atoms with E-state index in [9.17, 15) is 9.32 Å². The summed E-state index contributed by atoms with van der Waals surface area (Å²) in [7, 11) is -1.06. The van der Waals surface area contributed by atoms with Crippen molar-refractivity contribution in [2.75, 3.05) is 5.75 Å². The summed E-state index contributed by atoms with van der Waals surface area (Å²) >= 11 is 0. The predicted molar refractivity (Wildman–Crippen MR) is 54.0 cm³/mol. The molecule has 0 saturated heterocycles. The van der Waals surface area contributed by atoms with E-state index in [-0.39, 0.29) is 0 Å². The maximum Gasteiger partial charge on any atom is 0.0656 e. The number of benzene rings is 1. The van der Waals surface area contributed by atoms with Gasteiger partial charge in [-0.25, -0.2) is 0 Å². The summed E-state index contributed by atoms with van der Waals surface area (Å²) in [4.78, 5) is 0.787. The molecule has 0 radical (unpaired) electrons. The smallest absolute Gasteiger partial charge is 0.0656 e. The fourth-order valence-electron chi connectivity index (χ4n) is 0.961. The second-order valence-corrected chi connectivity index (χ2v) is 4.38. The lowest BCUT2D eigenvalue weighted by Gasteiger charge is -2.06. The maximum atomic E-state index is 11.6. The Labute approximate surface area is 81.1 Å². The standard InChI is InChI=1S/C10H14O2S/c1-2-9(11)8-13(12)10-6-4-3-5-7-10/h3-7,9,11H,2,8H2,1H3/t9-,13+/m0/s1. The Balaban J connectivity index is 2.59. The van der Waals surface area contributed by atoms with Crippen LogP contribution in [0.1, 0.15) is 13.3 Å². The van der Waals surface area contributed by atoms with E-state index >= 15 is 0 Å². The van der Waals surface area contributed by atoms with Gasteiger partial charge in [0.25, 0.3) is 0 Å². The SMILES string of the molecule is CC[C@H](O)C[S@@](=O)c1ccccc1. The minimum atomic E-state index is -1.06. The van der Waals surface area contributed by atoms with Gasteiger partial charge in [-0.05, 0) is 18.6 Å². The third kappa shape index (κ3) is 3.28. The van der Waals surface area contributed by atoms with E-state index in [2.05, 4.69) is 0 Å². The molecular weight excluding hydrogens is 184 g/mol. The quantitative estimate of drug-likeness (QED) is 0.797. The summed E-state index contributed by atoms with van der Waals surface area (Å²) < 4.78 is 11.6. The van der Waals surface area contributed by atoms with Gasteiger partial charge < -0.3 is 5.11 Å². The zero-order valence-electron chi connectivity index (χ0n) is 7.64. The molecule has 1 aromatic rings. The molecular formula is C10H14O2S. The van der Waals surface area contributed by atoms with Crippen molar-refractivity contribution in [3.8, 4) is 0 Å². The van der Waals surface area contributed by atoms with E-state index in [4.69, 9.17) is 0 Å². The number of aliphatic hydroxyl groups is 1. The summed E-state index contributed by atoms with van der Waals surface area (Å²) in [6.45, 7) is 1.88. The van der Waals surface area contributed by atoms with E-state index in [1.54, 1.807) is 0 Å². The van der Waals surface area contributed by atoms with Gasteiger partial charge in [-0.3, -0.25) is 4.21 Å². The fourth-order valence-corrected chi connectivity index (χ4v) is 2.20. The first-order chi connectivity index (χ1) is 6.24. The Hall–Kier alpha value is -0.670. The lowest BCUT2D eigenvalue weighted by atomic mass is 10.3. The molecule has 0 bridgehead atoms. The number of rotatable bonds is 4. The zero-order valence-corrected chi connectivity index (χ0v) is 8.46. The Morgan fingerprint density at radius 1 is 1.38 bits per heavy atom. The molecule has 0 unspecified atom stereocenters. The molecule has 1 rings (SSSR count). The normalized spacial score (nSPS) is 15.2. The lowest BCUT2D eigenvalue weighted by molar-refractivity contribution is 0.194. The second-order valence-electron chi connectivity index (χ2n) is 2.89. The Bertz CT molecular complexity index is 272. The van der Waals surface area contributed by atoms with Crippen LogP contribution < -0.4 is 0 Å². The van der Waals surface area contributed by atoms with Crippen molar-refractivity contribution in [1.82, 2.24) is 0 Å². The molecule has 0 fully saturated rings. The van der Waals surface area contributed by atoms with Gasteiger partial charge in [0.1, 0.15) is 0 Å². The summed E-state index contributed by atoms with van der Waals surface area (Å²) in [5.74, 6) is 0.334. The first-order valence-corrected chi connectivity index (χ1v) is 5.67. The van der Waals surface area contributed by atoms with Crippen molar-refractivity contribution in [2.45, 2.75) is 24.3 Å². The average molecular weight is 198 g/mol. The van der Waals surface area contributed by atoms with Crippen molar-refractivity contribution in [2.24, 2.45) is 0 Å². The largest absolute Gasteiger partial charge is 0.392 e. The highest BCUT2D eigenvalue weighted by atomic mass is 32.2. The molecule has 0 aliphatic heterocycles. The predicted octanol–water partition coefficient (Wildman–Crippen LogP) is 1.57. The summed E-state index contributed by atoms with van der Waals surface area (Å²) in [5.41, 5.74) is 0. The van der Waals surface area contributed by atoms with E-state index < -0.39 is 16.9 Å². The molecule has 3 heteroatoms. The molecule has 2 nitrogen and oxygen atoms in total. The molecule has 0 amide bonds.